The standard InChI is InChI=1S/C23H20O13/c1-6-14(27)15(28)20(33-7(2)24)23(32-6)36-17-11(26)5-9-13-12-8(22(30)35-19(13)17)4-10(25)16(31-3)18(12)34-21(9)29/h4-6,14-15,20,23,25-28H,1-3H3/t6-,14-,15+,20+,23-/m0/s1. The van der Waals surface area contributed by atoms with Gasteiger partial charge >= 0.3 is 17.2 Å². The molecule has 4 aromatic rings. The average Bonchev–Trinajstić information content (AvgIpc) is 2.81. The molecule has 0 bridgehead atoms. The van der Waals surface area contributed by atoms with Gasteiger partial charge in [-0.1, -0.05) is 0 Å². The number of benzene rings is 2. The monoisotopic (exact) mass is 504 g/mol. The number of phenols is 2. The zero-order chi connectivity index (χ0) is 26.0. The number of carbonyl (C=O) groups is 1. The van der Waals surface area contributed by atoms with E-state index in [1.165, 1.54) is 14.0 Å². The van der Waals surface area contributed by atoms with Gasteiger partial charge < -0.3 is 48.2 Å². The van der Waals surface area contributed by atoms with Gasteiger partial charge in [-0.25, -0.2) is 9.59 Å². The molecule has 0 radical (unpaired) electrons. The summed E-state index contributed by atoms with van der Waals surface area (Å²) in [5.41, 5.74) is -2.53. The Labute approximate surface area is 199 Å². The molecule has 13 nitrogen and oxygen atoms in total. The van der Waals surface area contributed by atoms with Gasteiger partial charge in [0.2, 0.25) is 17.8 Å². The van der Waals surface area contributed by atoms with Crippen molar-refractivity contribution in [2.45, 2.75) is 44.6 Å². The molecule has 190 valence electrons. The maximum absolute atomic E-state index is 12.9. The summed E-state index contributed by atoms with van der Waals surface area (Å²) < 4.78 is 32.2. The van der Waals surface area contributed by atoms with Crippen LogP contribution >= 0.6 is 0 Å². The van der Waals surface area contributed by atoms with Crippen LogP contribution in [0.1, 0.15) is 13.8 Å². The summed E-state index contributed by atoms with van der Waals surface area (Å²) in [6, 6.07) is 2.10. The summed E-state index contributed by atoms with van der Waals surface area (Å²) >= 11 is 0. The van der Waals surface area contributed by atoms with E-state index in [0.717, 1.165) is 19.1 Å². The second-order valence-electron chi connectivity index (χ2n) is 8.32. The molecule has 1 aliphatic rings. The third kappa shape index (κ3) is 3.39. The molecule has 36 heavy (non-hydrogen) atoms. The van der Waals surface area contributed by atoms with Gasteiger partial charge in [-0.05, 0) is 19.1 Å². The van der Waals surface area contributed by atoms with Gasteiger partial charge in [0, 0.05) is 17.7 Å². The number of aliphatic hydroxyl groups is 2. The number of methoxy groups -OCH3 is 1. The minimum absolute atomic E-state index is 0.00965. The molecule has 5 atom stereocenters. The van der Waals surface area contributed by atoms with E-state index in [-0.39, 0.29) is 38.5 Å². The van der Waals surface area contributed by atoms with Crippen molar-refractivity contribution in [1.29, 1.82) is 0 Å². The summed E-state index contributed by atoms with van der Waals surface area (Å²) in [6.45, 7) is 2.51. The van der Waals surface area contributed by atoms with Crippen LogP contribution in [0.5, 0.6) is 23.0 Å². The van der Waals surface area contributed by atoms with Gasteiger partial charge in [-0.15, -0.1) is 0 Å². The van der Waals surface area contributed by atoms with Crippen molar-refractivity contribution in [3.63, 3.8) is 0 Å². The van der Waals surface area contributed by atoms with Gasteiger partial charge in [-0.3, -0.25) is 4.79 Å². The number of esters is 1. The minimum Gasteiger partial charge on any atom is -0.504 e. The lowest BCUT2D eigenvalue weighted by Crippen LogP contribution is -2.59. The lowest BCUT2D eigenvalue weighted by molar-refractivity contribution is -0.273. The molecule has 4 N–H and O–H groups in total. The third-order valence-corrected chi connectivity index (χ3v) is 6.04. The molecule has 1 fully saturated rings. The lowest BCUT2D eigenvalue weighted by Gasteiger charge is -2.40. The number of ether oxygens (including phenoxy) is 4. The van der Waals surface area contributed by atoms with Crippen LogP contribution in [0.2, 0.25) is 0 Å². The van der Waals surface area contributed by atoms with E-state index in [0.29, 0.717) is 0 Å². The number of carbonyl (C=O) groups excluding carboxylic acids is 1. The first-order chi connectivity index (χ1) is 17.0. The molecule has 0 saturated carbocycles. The smallest absolute Gasteiger partial charge is 0.344 e. The van der Waals surface area contributed by atoms with E-state index in [1.54, 1.807) is 0 Å². The van der Waals surface area contributed by atoms with E-state index >= 15 is 0 Å². The van der Waals surface area contributed by atoms with Crippen LogP contribution in [0.3, 0.4) is 0 Å². The first-order valence-corrected chi connectivity index (χ1v) is 10.7. The quantitative estimate of drug-likeness (QED) is 0.172. The van der Waals surface area contributed by atoms with Gasteiger partial charge in [0.25, 0.3) is 0 Å². The highest BCUT2D eigenvalue weighted by Gasteiger charge is 2.47. The van der Waals surface area contributed by atoms with Crippen molar-refractivity contribution in [3.05, 3.63) is 33.0 Å². The van der Waals surface area contributed by atoms with Crippen LogP contribution in [0.15, 0.2) is 30.6 Å². The first kappa shape index (κ1) is 23.7. The number of phenolic OH excluding ortho intramolecular Hbond substituents is 2. The highest BCUT2D eigenvalue weighted by Crippen LogP contribution is 2.46. The predicted octanol–water partition coefficient (Wildman–Crippen LogP) is 0.687. The topological polar surface area (TPSA) is 195 Å². The summed E-state index contributed by atoms with van der Waals surface area (Å²) in [6.07, 6.45) is -7.11. The molecule has 1 saturated heterocycles. The Balaban J connectivity index is 1.78. The molecule has 0 amide bonds. The molecular formula is C23H20O13. The van der Waals surface area contributed by atoms with Crippen molar-refractivity contribution in [1.82, 2.24) is 0 Å². The molecule has 0 spiro atoms. The number of rotatable bonds is 4. The molecule has 1 aliphatic heterocycles. The van der Waals surface area contributed by atoms with E-state index in [2.05, 4.69) is 0 Å². The van der Waals surface area contributed by atoms with Gasteiger partial charge in [0.15, 0.2) is 28.8 Å². The Bertz CT molecular complexity index is 1620. The maximum atomic E-state index is 12.9. The van der Waals surface area contributed by atoms with Crippen molar-refractivity contribution >= 4 is 38.7 Å². The van der Waals surface area contributed by atoms with Crippen molar-refractivity contribution in [2.24, 2.45) is 0 Å². The van der Waals surface area contributed by atoms with Crippen LogP contribution in [-0.4, -0.2) is 64.2 Å². The SMILES string of the molecule is COc1c(O)cc2c(=O)oc3c(O[C@@H]4O[C@@H](C)[C@H](O)[C@@H](O)[C@H]4OC(C)=O)c(O)cc4c(=O)oc1c2c34. The average molecular weight is 504 g/mol. The van der Waals surface area contributed by atoms with E-state index < -0.39 is 65.2 Å². The Hall–Kier alpha value is -4.07. The molecule has 13 heteroatoms. The minimum atomic E-state index is -1.61. The zero-order valence-electron chi connectivity index (χ0n) is 19.0. The van der Waals surface area contributed by atoms with Gasteiger partial charge in [0.05, 0.1) is 24.0 Å². The highest BCUT2D eigenvalue weighted by molar-refractivity contribution is 6.22. The Morgan fingerprint density at radius 3 is 1.97 bits per heavy atom. The van der Waals surface area contributed by atoms with Gasteiger partial charge in [-0.2, -0.15) is 0 Å². The first-order valence-electron chi connectivity index (χ1n) is 10.7. The Morgan fingerprint density at radius 1 is 0.917 bits per heavy atom. The number of aliphatic hydroxyl groups excluding tert-OH is 2. The molecule has 0 unspecified atom stereocenters. The zero-order valence-corrected chi connectivity index (χ0v) is 19.0. The lowest BCUT2D eigenvalue weighted by atomic mass is 9.99. The van der Waals surface area contributed by atoms with E-state index in [9.17, 15) is 34.8 Å². The van der Waals surface area contributed by atoms with Crippen LogP contribution in [0.25, 0.3) is 32.7 Å². The Kier molecular flexibility index (Phi) is 5.43. The second kappa shape index (κ2) is 8.26. The van der Waals surface area contributed by atoms with Crippen molar-refractivity contribution < 1.29 is 53.0 Å². The highest BCUT2D eigenvalue weighted by atomic mass is 16.7. The Morgan fingerprint density at radius 2 is 1.44 bits per heavy atom. The summed E-state index contributed by atoms with van der Waals surface area (Å²) in [5, 5.41) is 41.3. The fraction of sp³-hybridized carbons (Fsp3) is 0.348. The van der Waals surface area contributed by atoms with E-state index in [1.807, 2.05) is 0 Å². The fourth-order valence-electron chi connectivity index (χ4n) is 4.40. The maximum Gasteiger partial charge on any atom is 0.344 e. The largest absolute Gasteiger partial charge is 0.504 e. The second-order valence-corrected chi connectivity index (χ2v) is 8.32. The molecular weight excluding hydrogens is 484 g/mol. The fourth-order valence-corrected chi connectivity index (χ4v) is 4.40. The number of hydrogen-bond donors (Lipinski definition) is 4. The molecule has 3 heterocycles. The normalized spacial score (nSPS) is 24.4. The van der Waals surface area contributed by atoms with Crippen LogP contribution in [0, 0.1) is 0 Å². The van der Waals surface area contributed by atoms with Gasteiger partial charge in [0.1, 0.15) is 12.2 Å². The third-order valence-electron chi connectivity index (χ3n) is 6.04. The van der Waals surface area contributed by atoms with Crippen molar-refractivity contribution in [3.8, 4) is 23.0 Å². The summed E-state index contributed by atoms with van der Waals surface area (Å²) in [4.78, 5) is 37.2. The van der Waals surface area contributed by atoms with Crippen LogP contribution in [-0.2, 0) is 14.3 Å². The number of aromatic hydroxyl groups is 2. The van der Waals surface area contributed by atoms with Crippen LogP contribution < -0.4 is 20.7 Å². The summed E-state index contributed by atoms with van der Waals surface area (Å²) in [5.74, 6) is -2.63. The van der Waals surface area contributed by atoms with Crippen molar-refractivity contribution in [2.75, 3.05) is 7.11 Å². The van der Waals surface area contributed by atoms with Crippen LogP contribution in [0.4, 0.5) is 0 Å². The molecule has 5 rings (SSSR count). The molecule has 2 aromatic carbocycles. The summed E-state index contributed by atoms with van der Waals surface area (Å²) in [7, 11) is 1.23. The van der Waals surface area contributed by atoms with E-state index in [4.69, 9.17) is 27.8 Å². The number of hydrogen-bond acceptors (Lipinski definition) is 13. The molecule has 0 aliphatic carbocycles. The molecule has 2 aromatic heterocycles. The predicted molar refractivity (Wildman–Crippen MR) is 120 cm³/mol.